The van der Waals surface area contributed by atoms with Crippen molar-refractivity contribution in [3.05, 3.63) is 47.7 Å². The Labute approximate surface area is 192 Å². The Morgan fingerprint density at radius 3 is 2.76 bits per heavy atom. The summed E-state index contributed by atoms with van der Waals surface area (Å²) in [5, 5.41) is 5.47. The molecule has 29 heavy (non-hydrogen) atoms. The molecule has 7 nitrogen and oxygen atoms in total. The highest BCUT2D eigenvalue weighted by atomic mass is 127. The van der Waals surface area contributed by atoms with Gasteiger partial charge in [0, 0.05) is 50.5 Å². The lowest BCUT2D eigenvalue weighted by atomic mass is 10.2. The summed E-state index contributed by atoms with van der Waals surface area (Å²) in [5.74, 6) is 1.88. The maximum Gasteiger partial charge on any atom is 0.194 e. The molecule has 0 saturated carbocycles. The van der Waals surface area contributed by atoms with Crippen molar-refractivity contribution in [1.82, 2.24) is 19.6 Å². The maximum absolute atomic E-state index is 5.52. The first-order valence-electron chi connectivity index (χ1n) is 9.60. The van der Waals surface area contributed by atoms with Gasteiger partial charge in [0.2, 0.25) is 0 Å². The summed E-state index contributed by atoms with van der Waals surface area (Å²) in [7, 11) is 1.73. The number of aromatic nitrogens is 2. The van der Waals surface area contributed by atoms with Crippen molar-refractivity contribution >= 4 is 51.9 Å². The van der Waals surface area contributed by atoms with Gasteiger partial charge in [-0.05, 0) is 19.1 Å². The predicted octanol–water partition coefficient (Wildman–Crippen LogP) is 3.31. The summed E-state index contributed by atoms with van der Waals surface area (Å²) in [5.41, 5.74) is 2.15. The number of methoxy groups -OCH3 is 1. The van der Waals surface area contributed by atoms with Crippen molar-refractivity contribution in [2.45, 2.75) is 13.5 Å². The maximum atomic E-state index is 5.52. The summed E-state index contributed by atoms with van der Waals surface area (Å²) < 4.78 is 7.57. The van der Waals surface area contributed by atoms with Crippen molar-refractivity contribution in [1.29, 1.82) is 0 Å². The first-order chi connectivity index (χ1) is 13.8. The minimum absolute atomic E-state index is 0. The molecule has 1 fully saturated rings. The fourth-order valence-electron chi connectivity index (χ4n) is 3.48. The number of hydrogen-bond donors (Lipinski definition) is 1. The van der Waals surface area contributed by atoms with E-state index in [0.717, 1.165) is 60.8 Å². The molecule has 1 N–H and O–H groups in total. The van der Waals surface area contributed by atoms with E-state index >= 15 is 0 Å². The summed E-state index contributed by atoms with van der Waals surface area (Å²) in [4.78, 5) is 15.2. The third-order valence-electron chi connectivity index (χ3n) is 4.87. The van der Waals surface area contributed by atoms with Crippen LogP contribution in [0.15, 0.2) is 47.0 Å². The van der Waals surface area contributed by atoms with E-state index in [-0.39, 0.29) is 24.0 Å². The predicted molar refractivity (Wildman–Crippen MR) is 130 cm³/mol. The van der Waals surface area contributed by atoms with E-state index in [4.69, 9.17) is 9.73 Å². The Balaban J connectivity index is 0.00000240. The number of benzene rings is 1. The van der Waals surface area contributed by atoms with Gasteiger partial charge in [-0.25, -0.2) is 9.98 Å². The van der Waals surface area contributed by atoms with Crippen molar-refractivity contribution in [2.24, 2.45) is 4.99 Å². The van der Waals surface area contributed by atoms with E-state index in [9.17, 15) is 0 Å². The molecule has 4 rings (SSSR count). The normalized spacial score (nSPS) is 14.8. The first-order valence-corrected chi connectivity index (χ1v) is 10.5. The first kappa shape index (κ1) is 21.7. The average Bonchev–Trinajstić information content (AvgIpc) is 3.33. The van der Waals surface area contributed by atoms with E-state index in [2.05, 4.69) is 49.8 Å². The molecule has 0 aliphatic carbocycles. The van der Waals surface area contributed by atoms with Gasteiger partial charge in [-0.3, -0.25) is 4.40 Å². The van der Waals surface area contributed by atoms with Gasteiger partial charge < -0.3 is 19.9 Å². The SMILES string of the molecule is CCNC(=NCc1cn2ccsc2n1)N1CCN(c2ccccc2OC)CC1.I. The highest BCUT2D eigenvalue weighted by molar-refractivity contribution is 14.0. The minimum atomic E-state index is 0. The van der Waals surface area contributed by atoms with Crippen LogP contribution < -0.4 is 15.0 Å². The van der Waals surface area contributed by atoms with Crippen LogP contribution in [0.3, 0.4) is 0 Å². The number of guanidine groups is 1. The molecular weight excluding hydrogens is 499 g/mol. The summed E-state index contributed by atoms with van der Waals surface area (Å²) in [6, 6.07) is 8.21. The molecule has 1 aliphatic heterocycles. The second-order valence-corrected chi connectivity index (χ2v) is 7.51. The molecule has 156 valence electrons. The van der Waals surface area contributed by atoms with Gasteiger partial charge in [-0.15, -0.1) is 35.3 Å². The lowest BCUT2D eigenvalue weighted by Crippen LogP contribution is -2.52. The van der Waals surface area contributed by atoms with E-state index in [1.165, 1.54) is 0 Å². The number of piperazine rings is 1. The molecule has 1 saturated heterocycles. The molecule has 2 aromatic heterocycles. The molecule has 0 radical (unpaired) electrons. The van der Waals surface area contributed by atoms with Crippen molar-refractivity contribution in [2.75, 3.05) is 44.7 Å². The second kappa shape index (κ2) is 10.1. The van der Waals surface area contributed by atoms with Gasteiger partial charge in [-0.1, -0.05) is 12.1 Å². The van der Waals surface area contributed by atoms with Crippen LogP contribution in [0, 0.1) is 0 Å². The lowest BCUT2D eigenvalue weighted by molar-refractivity contribution is 0.367. The van der Waals surface area contributed by atoms with Gasteiger partial charge in [0.25, 0.3) is 0 Å². The van der Waals surface area contributed by atoms with Crippen LogP contribution in [0.5, 0.6) is 5.75 Å². The highest BCUT2D eigenvalue weighted by Gasteiger charge is 2.21. The Hall–Kier alpha value is -2.01. The van der Waals surface area contributed by atoms with E-state index in [0.29, 0.717) is 6.54 Å². The Morgan fingerprint density at radius 1 is 1.24 bits per heavy atom. The number of rotatable bonds is 5. The third kappa shape index (κ3) is 4.95. The fourth-order valence-corrected chi connectivity index (χ4v) is 4.20. The standard InChI is InChI=1S/C20H26N6OS.HI/c1-3-21-19(22-14-16-15-26-12-13-28-20(26)23-16)25-10-8-24(9-11-25)17-6-4-5-7-18(17)27-2;/h4-7,12-13,15H,3,8-11,14H2,1-2H3,(H,21,22);1H. The van der Waals surface area contributed by atoms with Crippen LogP contribution in [0.25, 0.3) is 4.96 Å². The molecule has 1 aromatic carbocycles. The summed E-state index contributed by atoms with van der Waals surface area (Å²) in [6.07, 6.45) is 4.08. The Morgan fingerprint density at radius 2 is 2.03 bits per heavy atom. The topological polar surface area (TPSA) is 57.4 Å². The number of anilines is 1. The molecule has 0 unspecified atom stereocenters. The van der Waals surface area contributed by atoms with E-state index < -0.39 is 0 Å². The zero-order chi connectivity index (χ0) is 19.3. The van der Waals surface area contributed by atoms with Crippen LogP contribution in [0.1, 0.15) is 12.6 Å². The van der Waals surface area contributed by atoms with Gasteiger partial charge in [0.15, 0.2) is 10.9 Å². The monoisotopic (exact) mass is 526 g/mol. The fraction of sp³-hybridized carbons (Fsp3) is 0.400. The second-order valence-electron chi connectivity index (χ2n) is 6.64. The third-order valence-corrected chi connectivity index (χ3v) is 5.64. The van der Waals surface area contributed by atoms with Crippen molar-refractivity contribution in [3.63, 3.8) is 0 Å². The quantitative estimate of drug-likeness (QED) is 0.314. The zero-order valence-corrected chi connectivity index (χ0v) is 19.9. The number of hydrogen-bond acceptors (Lipinski definition) is 5. The number of imidazole rings is 1. The molecule has 9 heteroatoms. The van der Waals surface area contributed by atoms with Crippen LogP contribution in [0.2, 0.25) is 0 Å². The Bertz CT molecular complexity index is 919. The van der Waals surface area contributed by atoms with Crippen LogP contribution in [-0.2, 0) is 6.54 Å². The number of para-hydroxylation sites is 2. The summed E-state index contributed by atoms with van der Waals surface area (Å²) in [6.45, 7) is 7.25. The van der Waals surface area contributed by atoms with Crippen molar-refractivity contribution in [3.8, 4) is 5.75 Å². The van der Waals surface area contributed by atoms with E-state index in [1.54, 1.807) is 18.4 Å². The molecule has 0 spiro atoms. The largest absolute Gasteiger partial charge is 0.495 e. The highest BCUT2D eigenvalue weighted by Crippen LogP contribution is 2.28. The number of ether oxygens (including phenoxy) is 1. The molecule has 3 heterocycles. The number of fused-ring (bicyclic) bond motifs is 1. The number of thiazole rings is 1. The van der Waals surface area contributed by atoms with Crippen LogP contribution in [-0.4, -0.2) is 60.1 Å². The Kier molecular flexibility index (Phi) is 7.59. The number of halogens is 1. The van der Waals surface area contributed by atoms with Crippen LogP contribution >= 0.6 is 35.3 Å². The number of nitrogens with zero attached hydrogens (tertiary/aromatic N) is 5. The number of aliphatic imine (C=N–C) groups is 1. The van der Waals surface area contributed by atoms with Gasteiger partial charge in [0.05, 0.1) is 25.0 Å². The van der Waals surface area contributed by atoms with Gasteiger partial charge in [0.1, 0.15) is 5.75 Å². The average molecular weight is 526 g/mol. The minimum Gasteiger partial charge on any atom is -0.495 e. The summed E-state index contributed by atoms with van der Waals surface area (Å²) >= 11 is 1.64. The van der Waals surface area contributed by atoms with Crippen LogP contribution in [0.4, 0.5) is 5.69 Å². The number of nitrogens with one attached hydrogen (secondary N) is 1. The van der Waals surface area contributed by atoms with Gasteiger partial charge in [-0.2, -0.15) is 0 Å². The molecule has 1 aliphatic rings. The smallest absolute Gasteiger partial charge is 0.194 e. The van der Waals surface area contributed by atoms with Crippen molar-refractivity contribution < 1.29 is 4.74 Å². The lowest BCUT2D eigenvalue weighted by Gasteiger charge is -2.38. The van der Waals surface area contributed by atoms with Gasteiger partial charge >= 0.3 is 0 Å². The molecule has 0 atom stereocenters. The molecule has 3 aromatic rings. The van der Waals surface area contributed by atoms with E-state index in [1.807, 2.05) is 23.7 Å². The molecule has 0 bridgehead atoms. The molecule has 0 amide bonds. The zero-order valence-electron chi connectivity index (χ0n) is 16.7. The molecular formula is C20H27IN6OS.